The fraction of sp³-hybridized carbons (Fsp3) is 0.450. The number of nitrogens with one attached hydrogen (secondary N) is 1. The molecule has 1 aliphatic heterocycles. The van der Waals surface area contributed by atoms with Gasteiger partial charge in [0.25, 0.3) is 5.91 Å². The molecule has 138 valence electrons. The van der Waals surface area contributed by atoms with Gasteiger partial charge >= 0.3 is 0 Å². The van der Waals surface area contributed by atoms with Crippen molar-refractivity contribution in [1.29, 1.82) is 0 Å². The fourth-order valence-electron chi connectivity index (χ4n) is 3.00. The van der Waals surface area contributed by atoms with Crippen molar-refractivity contribution in [3.63, 3.8) is 0 Å². The third-order valence-electron chi connectivity index (χ3n) is 4.57. The number of para-hydroxylation sites is 1. The number of aromatic nitrogens is 2. The molecule has 0 aliphatic carbocycles. The van der Waals surface area contributed by atoms with Gasteiger partial charge in [0.2, 0.25) is 5.95 Å². The molecule has 1 amide bonds. The SMILES string of the molecule is CC(C)CCNC(=O)c1ccnc(N2CCN(c3ccccc3)CC2)n1. The highest BCUT2D eigenvalue weighted by Gasteiger charge is 2.20. The van der Waals surface area contributed by atoms with E-state index in [2.05, 4.69) is 63.2 Å². The second-order valence-corrected chi connectivity index (χ2v) is 6.99. The number of benzene rings is 1. The van der Waals surface area contributed by atoms with Crippen molar-refractivity contribution in [2.24, 2.45) is 5.92 Å². The Morgan fingerprint density at radius 2 is 1.77 bits per heavy atom. The minimum absolute atomic E-state index is 0.128. The van der Waals surface area contributed by atoms with Crippen LogP contribution in [0.25, 0.3) is 0 Å². The average molecular weight is 353 g/mol. The van der Waals surface area contributed by atoms with E-state index >= 15 is 0 Å². The van der Waals surface area contributed by atoms with Crippen LogP contribution in [0.1, 0.15) is 30.8 Å². The number of nitrogens with zero attached hydrogens (tertiary/aromatic N) is 4. The Bertz CT molecular complexity index is 711. The van der Waals surface area contributed by atoms with E-state index in [0.717, 1.165) is 32.6 Å². The van der Waals surface area contributed by atoms with E-state index in [1.54, 1.807) is 12.3 Å². The predicted molar refractivity (Wildman–Crippen MR) is 105 cm³/mol. The standard InChI is InChI=1S/C20H27N5O/c1-16(2)8-10-21-19(26)18-9-11-22-20(23-18)25-14-12-24(13-15-25)17-6-4-3-5-7-17/h3-7,9,11,16H,8,10,12-15H2,1-2H3,(H,21,26). The van der Waals surface area contributed by atoms with Crippen molar-refractivity contribution < 1.29 is 4.79 Å². The Labute approximate surface area is 155 Å². The molecule has 6 heteroatoms. The van der Waals surface area contributed by atoms with Crippen molar-refractivity contribution in [3.8, 4) is 0 Å². The Morgan fingerprint density at radius 3 is 2.46 bits per heavy atom. The Balaban J connectivity index is 1.58. The summed E-state index contributed by atoms with van der Waals surface area (Å²) in [5, 5.41) is 2.93. The van der Waals surface area contributed by atoms with Gasteiger partial charge in [0, 0.05) is 44.6 Å². The lowest BCUT2D eigenvalue weighted by atomic mass is 10.1. The molecular weight excluding hydrogens is 326 g/mol. The van der Waals surface area contributed by atoms with E-state index in [4.69, 9.17) is 0 Å². The number of hydrogen-bond donors (Lipinski definition) is 1. The summed E-state index contributed by atoms with van der Waals surface area (Å²) in [5.74, 6) is 1.07. The van der Waals surface area contributed by atoms with Crippen molar-refractivity contribution in [1.82, 2.24) is 15.3 Å². The fourth-order valence-corrected chi connectivity index (χ4v) is 3.00. The number of carbonyl (C=O) groups excluding carboxylic acids is 1. The highest BCUT2D eigenvalue weighted by atomic mass is 16.1. The van der Waals surface area contributed by atoms with E-state index in [1.165, 1.54) is 5.69 Å². The van der Waals surface area contributed by atoms with Crippen molar-refractivity contribution in [2.45, 2.75) is 20.3 Å². The minimum atomic E-state index is -0.128. The maximum Gasteiger partial charge on any atom is 0.270 e. The lowest BCUT2D eigenvalue weighted by molar-refractivity contribution is 0.0947. The van der Waals surface area contributed by atoms with Gasteiger partial charge in [0.05, 0.1) is 0 Å². The summed E-state index contributed by atoms with van der Waals surface area (Å²) in [6, 6.07) is 12.1. The zero-order valence-electron chi connectivity index (χ0n) is 15.6. The number of carbonyl (C=O) groups is 1. The van der Waals surface area contributed by atoms with Crippen LogP contribution < -0.4 is 15.1 Å². The van der Waals surface area contributed by atoms with E-state index in [0.29, 0.717) is 24.1 Å². The van der Waals surface area contributed by atoms with Crippen molar-refractivity contribution in [2.75, 3.05) is 42.5 Å². The van der Waals surface area contributed by atoms with Crippen LogP contribution in [-0.2, 0) is 0 Å². The van der Waals surface area contributed by atoms with Crippen LogP contribution in [-0.4, -0.2) is 48.6 Å². The molecule has 6 nitrogen and oxygen atoms in total. The molecule has 1 saturated heterocycles. The van der Waals surface area contributed by atoms with E-state index in [1.807, 2.05) is 6.07 Å². The summed E-state index contributed by atoms with van der Waals surface area (Å²) in [7, 11) is 0. The molecule has 2 aromatic rings. The van der Waals surface area contributed by atoms with E-state index < -0.39 is 0 Å². The Kier molecular flexibility index (Phi) is 6.04. The summed E-state index contributed by atoms with van der Waals surface area (Å²) in [5.41, 5.74) is 1.68. The molecule has 26 heavy (non-hydrogen) atoms. The summed E-state index contributed by atoms with van der Waals surface area (Å²) in [6.07, 6.45) is 2.63. The first-order valence-electron chi connectivity index (χ1n) is 9.29. The van der Waals surface area contributed by atoms with Gasteiger partial charge in [-0.1, -0.05) is 32.0 Å². The maximum absolute atomic E-state index is 12.3. The average Bonchev–Trinajstić information content (AvgIpc) is 2.68. The zero-order chi connectivity index (χ0) is 18.4. The molecule has 1 aromatic carbocycles. The van der Waals surface area contributed by atoms with Crippen LogP contribution in [0.2, 0.25) is 0 Å². The number of piperazine rings is 1. The molecular formula is C20H27N5O. The smallest absolute Gasteiger partial charge is 0.270 e. The first-order chi connectivity index (χ1) is 12.6. The second kappa shape index (κ2) is 8.65. The van der Waals surface area contributed by atoms with Gasteiger partial charge in [0.15, 0.2) is 0 Å². The summed E-state index contributed by atoms with van der Waals surface area (Å²) < 4.78 is 0. The molecule has 1 fully saturated rings. The largest absolute Gasteiger partial charge is 0.368 e. The van der Waals surface area contributed by atoms with Gasteiger partial charge < -0.3 is 15.1 Å². The lowest BCUT2D eigenvalue weighted by Crippen LogP contribution is -2.47. The summed E-state index contributed by atoms with van der Waals surface area (Å²) in [6.45, 7) is 8.47. The number of anilines is 2. The lowest BCUT2D eigenvalue weighted by Gasteiger charge is -2.36. The predicted octanol–water partition coefficient (Wildman–Crippen LogP) is 2.58. The third kappa shape index (κ3) is 4.71. The van der Waals surface area contributed by atoms with Crippen molar-refractivity contribution in [3.05, 3.63) is 48.3 Å². The number of rotatable bonds is 6. The monoisotopic (exact) mass is 353 g/mol. The van der Waals surface area contributed by atoms with Gasteiger partial charge in [-0.05, 0) is 30.5 Å². The molecule has 0 spiro atoms. The normalized spacial score (nSPS) is 14.6. The molecule has 1 aromatic heterocycles. The highest BCUT2D eigenvalue weighted by molar-refractivity contribution is 5.92. The molecule has 0 atom stereocenters. The van der Waals surface area contributed by atoms with Crippen LogP contribution in [0.4, 0.5) is 11.6 Å². The molecule has 0 radical (unpaired) electrons. The van der Waals surface area contributed by atoms with Gasteiger partial charge in [-0.3, -0.25) is 4.79 Å². The molecule has 3 rings (SSSR count). The quantitative estimate of drug-likeness (QED) is 0.865. The topological polar surface area (TPSA) is 61.4 Å². The van der Waals surface area contributed by atoms with Crippen LogP contribution in [0.3, 0.4) is 0 Å². The van der Waals surface area contributed by atoms with Crippen LogP contribution >= 0.6 is 0 Å². The van der Waals surface area contributed by atoms with E-state index in [-0.39, 0.29) is 5.91 Å². The summed E-state index contributed by atoms with van der Waals surface area (Å²) in [4.78, 5) is 25.6. The van der Waals surface area contributed by atoms with E-state index in [9.17, 15) is 4.79 Å². The second-order valence-electron chi connectivity index (χ2n) is 6.99. The molecule has 1 N–H and O–H groups in total. The van der Waals surface area contributed by atoms with Gasteiger partial charge in [-0.15, -0.1) is 0 Å². The molecule has 0 unspecified atom stereocenters. The molecule has 0 saturated carbocycles. The first kappa shape index (κ1) is 18.2. The zero-order valence-corrected chi connectivity index (χ0v) is 15.6. The number of hydrogen-bond acceptors (Lipinski definition) is 5. The van der Waals surface area contributed by atoms with Crippen molar-refractivity contribution >= 4 is 17.5 Å². The maximum atomic E-state index is 12.3. The minimum Gasteiger partial charge on any atom is -0.368 e. The Hall–Kier alpha value is -2.63. The van der Waals surface area contributed by atoms with Gasteiger partial charge in [-0.2, -0.15) is 0 Å². The third-order valence-corrected chi connectivity index (χ3v) is 4.57. The first-order valence-corrected chi connectivity index (χ1v) is 9.29. The molecule has 2 heterocycles. The molecule has 1 aliphatic rings. The van der Waals surface area contributed by atoms with Crippen LogP contribution in [0.15, 0.2) is 42.6 Å². The summed E-state index contributed by atoms with van der Waals surface area (Å²) >= 11 is 0. The Morgan fingerprint density at radius 1 is 1.08 bits per heavy atom. The van der Waals surface area contributed by atoms with Gasteiger partial charge in [-0.25, -0.2) is 9.97 Å². The highest BCUT2D eigenvalue weighted by Crippen LogP contribution is 2.18. The van der Waals surface area contributed by atoms with Crippen LogP contribution in [0, 0.1) is 5.92 Å². The number of amides is 1. The molecule has 0 bridgehead atoms. The van der Waals surface area contributed by atoms with Gasteiger partial charge in [0.1, 0.15) is 5.69 Å². The van der Waals surface area contributed by atoms with Crippen LogP contribution in [0.5, 0.6) is 0 Å².